The Morgan fingerprint density at radius 3 is 2.37 bits per heavy atom. The highest BCUT2D eigenvalue weighted by atomic mass is 16.5. The van der Waals surface area contributed by atoms with Crippen molar-refractivity contribution in [3.05, 3.63) is 29.8 Å². The molecule has 0 unspecified atom stereocenters. The van der Waals surface area contributed by atoms with E-state index < -0.39 is 0 Å². The molecule has 2 atom stereocenters. The van der Waals surface area contributed by atoms with Gasteiger partial charge in [-0.25, -0.2) is 0 Å². The predicted molar refractivity (Wildman–Crippen MR) is 76.0 cm³/mol. The molecule has 19 heavy (non-hydrogen) atoms. The van der Waals surface area contributed by atoms with Crippen LogP contribution in [0, 0.1) is 0 Å². The molecule has 1 aromatic carbocycles. The summed E-state index contributed by atoms with van der Waals surface area (Å²) in [6.45, 7) is 8.61. The zero-order valence-corrected chi connectivity index (χ0v) is 11.8. The molecule has 0 bridgehead atoms. The maximum absolute atomic E-state index is 11.0. The van der Waals surface area contributed by atoms with Crippen molar-refractivity contribution in [2.75, 3.05) is 18.4 Å². The minimum absolute atomic E-state index is 0.0384. The third-order valence-corrected chi connectivity index (χ3v) is 3.18. The zero-order chi connectivity index (χ0) is 13.8. The van der Waals surface area contributed by atoms with E-state index in [9.17, 15) is 4.79 Å². The zero-order valence-electron chi connectivity index (χ0n) is 11.8. The molecule has 2 rings (SSSR count). The summed E-state index contributed by atoms with van der Waals surface area (Å²) in [5.74, 6) is -0.0384. The second-order valence-electron chi connectivity index (χ2n) is 5.33. The summed E-state index contributed by atoms with van der Waals surface area (Å²) in [6, 6.07) is 8.03. The molecule has 0 saturated carbocycles. The van der Waals surface area contributed by atoms with E-state index >= 15 is 0 Å². The van der Waals surface area contributed by atoms with E-state index in [4.69, 9.17) is 4.74 Å². The Morgan fingerprint density at radius 2 is 1.84 bits per heavy atom. The molecule has 1 aliphatic heterocycles. The van der Waals surface area contributed by atoms with Gasteiger partial charge in [0.25, 0.3) is 0 Å². The van der Waals surface area contributed by atoms with Gasteiger partial charge in [0, 0.05) is 32.2 Å². The lowest BCUT2D eigenvalue weighted by Gasteiger charge is -2.35. The topological polar surface area (TPSA) is 41.6 Å². The van der Waals surface area contributed by atoms with E-state index in [1.165, 1.54) is 12.5 Å². The number of carbonyl (C=O) groups is 1. The number of ether oxygens (including phenoxy) is 1. The summed E-state index contributed by atoms with van der Waals surface area (Å²) in [5.41, 5.74) is 2.11. The largest absolute Gasteiger partial charge is 0.373 e. The first-order chi connectivity index (χ1) is 9.02. The fourth-order valence-electron chi connectivity index (χ4n) is 2.57. The second kappa shape index (κ2) is 6.17. The molecule has 1 aliphatic rings. The highest BCUT2D eigenvalue weighted by molar-refractivity contribution is 5.88. The van der Waals surface area contributed by atoms with Gasteiger partial charge in [-0.2, -0.15) is 0 Å². The van der Waals surface area contributed by atoms with Crippen molar-refractivity contribution in [3.63, 3.8) is 0 Å². The Balaban J connectivity index is 1.93. The van der Waals surface area contributed by atoms with Crippen molar-refractivity contribution in [3.8, 4) is 0 Å². The number of hydrogen-bond donors (Lipinski definition) is 1. The summed E-state index contributed by atoms with van der Waals surface area (Å²) < 4.78 is 5.73. The SMILES string of the molecule is CC(=O)Nc1ccc(CN2C[C@@H](C)O[C@H](C)C2)cc1. The van der Waals surface area contributed by atoms with Gasteiger partial charge in [-0.1, -0.05) is 12.1 Å². The lowest BCUT2D eigenvalue weighted by Crippen LogP contribution is -2.44. The summed E-state index contributed by atoms with van der Waals surface area (Å²) in [4.78, 5) is 13.4. The van der Waals surface area contributed by atoms with E-state index in [1.54, 1.807) is 0 Å². The molecular formula is C15H22N2O2. The fraction of sp³-hybridized carbons (Fsp3) is 0.533. The van der Waals surface area contributed by atoms with Crippen molar-refractivity contribution in [1.29, 1.82) is 0 Å². The van der Waals surface area contributed by atoms with Crippen molar-refractivity contribution < 1.29 is 9.53 Å². The van der Waals surface area contributed by atoms with E-state index in [1.807, 2.05) is 12.1 Å². The molecule has 0 radical (unpaired) electrons. The molecule has 1 fully saturated rings. The molecule has 4 nitrogen and oxygen atoms in total. The van der Waals surface area contributed by atoms with Crippen molar-refractivity contribution in [1.82, 2.24) is 4.90 Å². The Kier molecular flexibility index (Phi) is 4.56. The maximum Gasteiger partial charge on any atom is 0.221 e. The van der Waals surface area contributed by atoms with Crippen LogP contribution < -0.4 is 5.32 Å². The molecular weight excluding hydrogens is 240 g/mol. The van der Waals surface area contributed by atoms with Gasteiger partial charge in [0.2, 0.25) is 5.91 Å². The van der Waals surface area contributed by atoms with Gasteiger partial charge in [-0.3, -0.25) is 9.69 Å². The van der Waals surface area contributed by atoms with Crippen LogP contribution in [0.2, 0.25) is 0 Å². The molecule has 0 aromatic heterocycles. The molecule has 0 spiro atoms. The molecule has 1 saturated heterocycles. The standard InChI is InChI=1S/C15H22N2O2/c1-11-8-17(9-12(2)19-11)10-14-4-6-15(7-5-14)16-13(3)18/h4-7,11-12H,8-10H2,1-3H3,(H,16,18)/t11-,12-/m1/s1. The summed E-state index contributed by atoms with van der Waals surface area (Å²) in [6.07, 6.45) is 0.588. The summed E-state index contributed by atoms with van der Waals surface area (Å²) in [5, 5.41) is 2.78. The van der Waals surface area contributed by atoms with E-state index in [-0.39, 0.29) is 5.91 Å². The van der Waals surface area contributed by atoms with Crippen LogP contribution in [-0.4, -0.2) is 36.1 Å². The minimum Gasteiger partial charge on any atom is -0.373 e. The predicted octanol–water partition coefficient (Wildman–Crippen LogP) is 2.25. The Hall–Kier alpha value is -1.39. The van der Waals surface area contributed by atoms with E-state index in [0.29, 0.717) is 12.2 Å². The third kappa shape index (κ3) is 4.33. The number of benzene rings is 1. The molecule has 104 valence electrons. The van der Waals surface area contributed by atoms with Crippen LogP contribution in [0.5, 0.6) is 0 Å². The van der Waals surface area contributed by atoms with Crippen molar-refractivity contribution >= 4 is 11.6 Å². The van der Waals surface area contributed by atoms with Crippen molar-refractivity contribution in [2.24, 2.45) is 0 Å². The van der Waals surface area contributed by atoms with Crippen LogP contribution >= 0.6 is 0 Å². The van der Waals surface area contributed by atoms with Gasteiger partial charge in [0.15, 0.2) is 0 Å². The van der Waals surface area contributed by atoms with Gasteiger partial charge in [-0.15, -0.1) is 0 Å². The van der Waals surface area contributed by atoms with Gasteiger partial charge in [0.05, 0.1) is 12.2 Å². The second-order valence-corrected chi connectivity index (χ2v) is 5.33. The van der Waals surface area contributed by atoms with Gasteiger partial charge < -0.3 is 10.1 Å². The van der Waals surface area contributed by atoms with E-state index in [2.05, 4.69) is 36.2 Å². The number of anilines is 1. The molecule has 1 heterocycles. The number of hydrogen-bond acceptors (Lipinski definition) is 3. The van der Waals surface area contributed by atoms with Crippen LogP contribution in [-0.2, 0) is 16.1 Å². The minimum atomic E-state index is -0.0384. The number of nitrogens with one attached hydrogen (secondary N) is 1. The highest BCUT2D eigenvalue weighted by Gasteiger charge is 2.21. The Bertz CT molecular complexity index is 420. The quantitative estimate of drug-likeness (QED) is 0.908. The van der Waals surface area contributed by atoms with E-state index in [0.717, 1.165) is 25.3 Å². The number of morpholine rings is 1. The smallest absolute Gasteiger partial charge is 0.221 e. The average Bonchev–Trinajstić information content (AvgIpc) is 2.29. The van der Waals surface area contributed by atoms with Gasteiger partial charge >= 0.3 is 0 Å². The Labute approximate surface area is 114 Å². The lowest BCUT2D eigenvalue weighted by atomic mass is 10.1. The first-order valence-corrected chi connectivity index (χ1v) is 6.77. The molecule has 1 amide bonds. The van der Waals surface area contributed by atoms with Crippen LogP contribution in [0.15, 0.2) is 24.3 Å². The first kappa shape index (κ1) is 14.0. The van der Waals surface area contributed by atoms with Crippen LogP contribution in [0.4, 0.5) is 5.69 Å². The maximum atomic E-state index is 11.0. The van der Waals surface area contributed by atoms with Crippen LogP contribution in [0.25, 0.3) is 0 Å². The number of amides is 1. The van der Waals surface area contributed by atoms with Gasteiger partial charge in [-0.05, 0) is 31.5 Å². The molecule has 1 N–H and O–H groups in total. The average molecular weight is 262 g/mol. The number of rotatable bonds is 3. The van der Waals surface area contributed by atoms with Crippen LogP contribution in [0.3, 0.4) is 0 Å². The third-order valence-electron chi connectivity index (χ3n) is 3.18. The first-order valence-electron chi connectivity index (χ1n) is 6.77. The molecule has 1 aromatic rings. The Morgan fingerprint density at radius 1 is 1.26 bits per heavy atom. The monoisotopic (exact) mass is 262 g/mol. The lowest BCUT2D eigenvalue weighted by molar-refractivity contribution is -0.114. The number of nitrogens with zero attached hydrogens (tertiary/aromatic N) is 1. The molecule has 0 aliphatic carbocycles. The fourth-order valence-corrected chi connectivity index (χ4v) is 2.57. The van der Waals surface area contributed by atoms with Gasteiger partial charge in [0.1, 0.15) is 0 Å². The highest BCUT2D eigenvalue weighted by Crippen LogP contribution is 2.16. The molecule has 4 heteroatoms. The van der Waals surface area contributed by atoms with Crippen LogP contribution in [0.1, 0.15) is 26.3 Å². The summed E-state index contributed by atoms with van der Waals surface area (Å²) in [7, 11) is 0. The van der Waals surface area contributed by atoms with Crippen molar-refractivity contribution in [2.45, 2.75) is 39.5 Å². The normalized spacial score (nSPS) is 24.2. The summed E-state index contributed by atoms with van der Waals surface area (Å²) >= 11 is 0. The number of carbonyl (C=O) groups excluding carboxylic acids is 1.